The third-order valence-electron chi connectivity index (χ3n) is 5.18. The molecule has 38 heavy (non-hydrogen) atoms. The van der Waals surface area contributed by atoms with Gasteiger partial charge >= 0.3 is 5.97 Å². The zero-order valence-electron chi connectivity index (χ0n) is 19.9. The van der Waals surface area contributed by atoms with Crippen LogP contribution in [0.15, 0.2) is 63.3 Å². The topological polar surface area (TPSA) is 131 Å². The first-order valence-corrected chi connectivity index (χ1v) is 12.9. The smallest absolute Gasteiger partial charge is 0.347 e. The standard InChI is InChI=1S/C26H20BrFN4O5S/c1-2-34-26(33)19(11-16-5-3-4-6-17(16)35-13-15(12-30)9-10-29)37-24-21-22(27)23(18-7-8-20(28)36-18)38-25(21)32-14-31-24/h3-10,14,19,29H,2,11,13H2,1H3/b15-9+,29-10?. The second-order valence-corrected chi connectivity index (χ2v) is 9.43. The maximum atomic E-state index is 13.5. The summed E-state index contributed by atoms with van der Waals surface area (Å²) in [4.78, 5) is 22.6. The van der Waals surface area contributed by atoms with E-state index < -0.39 is 18.1 Å². The second-order valence-electron chi connectivity index (χ2n) is 7.64. The molecule has 0 aliphatic rings. The summed E-state index contributed by atoms with van der Waals surface area (Å²) < 4.78 is 36.3. The SMILES string of the molecule is CCOC(=O)C(Cc1ccccc1OC/C(C#N)=C/C=N)Oc1ncnc2sc(-c3ccc(F)o3)c(Br)c12. The predicted octanol–water partition coefficient (Wildman–Crippen LogP) is 5.88. The Labute approximate surface area is 229 Å². The van der Waals surface area contributed by atoms with Crippen LogP contribution < -0.4 is 9.47 Å². The number of nitrogens with zero attached hydrogens (tertiary/aromatic N) is 3. The van der Waals surface area contributed by atoms with Gasteiger partial charge in [0.25, 0.3) is 6.01 Å². The normalized spacial score (nSPS) is 12.1. The van der Waals surface area contributed by atoms with E-state index in [4.69, 9.17) is 24.0 Å². The first kappa shape index (κ1) is 27.0. The molecule has 0 amide bonds. The van der Waals surface area contributed by atoms with Gasteiger partial charge in [-0.1, -0.05) is 18.2 Å². The van der Waals surface area contributed by atoms with Crippen LogP contribution in [0.5, 0.6) is 11.6 Å². The summed E-state index contributed by atoms with van der Waals surface area (Å²) in [6.45, 7) is 1.79. The van der Waals surface area contributed by atoms with Gasteiger partial charge in [0.2, 0.25) is 12.0 Å². The number of thiophene rings is 1. The molecule has 0 aliphatic heterocycles. The number of aromatic nitrogens is 2. The van der Waals surface area contributed by atoms with Gasteiger partial charge in [0.1, 0.15) is 29.3 Å². The molecule has 9 nitrogen and oxygen atoms in total. The van der Waals surface area contributed by atoms with Crippen molar-refractivity contribution in [1.29, 1.82) is 10.7 Å². The molecule has 1 N–H and O–H groups in total. The summed E-state index contributed by atoms with van der Waals surface area (Å²) in [5.74, 6) is 0.289. The highest BCUT2D eigenvalue weighted by Crippen LogP contribution is 2.45. The van der Waals surface area contributed by atoms with Crippen LogP contribution in [0.1, 0.15) is 12.5 Å². The maximum Gasteiger partial charge on any atom is 0.347 e. The molecule has 0 aliphatic carbocycles. The summed E-state index contributed by atoms with van der Waals surface area (Å²) >= 11 is 4.77. The molecule has 0 fully saturated rings. The van der Waals surface area contributed by atoms with Crippen LogP contribution in [0.4, 0.5) is 4.39 Å². The Morgan fingerprint density at radius 2 is 2.13 bits per heavy atom. The van der Waals surface area contributed by atoms with Crippen LogP contribution in [0, 0.1) is 22.8 Å². The van der Waals surface area contributed by atoms with Gasteiger partial charge in [0.15, 0.2) is 0 Å². The molecule has 0 saturated heterocycles. The number of ether oxygens (including phenoxy) is 3. The number of benzene rings is 1. The molecular formula is C26H20BrFN4O5S. The van der Waals surface area contributed by atoms with E-state index in [-0.39, 0.29) is 31.1 Å². The molecule has 0 spiro atoms. The van der Waals surface area contributed by atoms with Gasteiger partial charge in [-0.3, -0.25) is 0 Å². The number of carbonyl (C=O) groups excluding carboxylic acids is 1. The van der Waals surface area contributed by atoms with E-state index in [9.17, 15) is 14.4 Å². The Bertz CT molecular complexity index is 1540. The van der Waals surface area contributed by atoms with Crippen molar-refractivity contribution in [2.45, 2.75) is 19.4 Å². The van der Waals surface area contributed by atoms with Gasteiger partial charge < -0.3 is 24.0 Å². The number of halogens is 2. The maximum absolute atomic E-state index is 13.5. The lowest BCUT2D eigenvalue weighted by Gasteiger charge is -2.19. The summed E-state index contributed by atoms with van der Waals surface area (Å²) in [6.07, 6.45) is 2.65. The first-order chi connectivity index (χ1) is 18.4. The number of hydrogen-bond donors (Lipinski definition) is 1. The van der Waals surface area contributed by atoms with E-state index in [0.717, 1.165) is 6.21 Å². The average molecular weight is 599 g/mol. The number of esters is 1. The molecule has 1 unspecified atom stereocenters. The Balaban J connectivity index is 1.66. The van der Waals surface area contributed by atoms with E-state index in [1.807, 2.05) is 6.07 Å². The third kappa shape index (κ3) is 6.07. The summed E-state index contributed by atoms with van der Waals surface area (Å²) in [7, 11) is 0. The number of nitriles is 1. The molecule has 0 radical (unpaired) electrons. The van der Waals surface area contributed by atoms with Crippen molar-refractivity contribution < 1.29 is 27.8 Å². The highest BCUT2D eigenvalue weighted by molar-refractivity contribution is 9.10. The van der Waals surface area contributed by atoms with Crippen LogP contribution in [-0.4, -0.2) is 41.5 Å². The second kappa shape index (κ2) is 12.4. The molecule has 3 aromatic heterocycles. The molecular weight excluding hydrogens is 579 g/mol. The van der Waals surface area contributed by atoms with Gasteiger partial charge in [-0.15, -0.1) is 11.3 Å². The number of hydrogen-bond acceptors (Lipinski definition) is 10. The summed E-state index contributed by atoms with van der Waals surface area (Å²) in [5, 5.41) is 16.9. The Morgan fingerprint density at radius 1 is 1.32 bits per heavy atom. The average Bonchev–Trinajstić information content (AvgIpc) is 3.50. The fraction of sp³-hybridized carbons (Fsp3) is 0.192. The number of fused-ring (bicyclic) bond motifs is 1. The van der Waals surface area contributed by atoms with Crippen molar-refractivity contribution in [2.24, 2.45) is 0 Å². The summed E-state index contributed by atoms with van der Waals surface area (Å²) in [5.41, 5.74) is 0.907. The van der Waals surface area contributed by atoms with Gasteiger partial charge in [0, 0.05) is 18.7 Å². The van der Waals surface area contributed by atoms with Crippen LogP contribution in [0.25, 0.3) is 20.9 Å². The molecule has 12 heteroatoms. The van der Waals surface area contributed by atoms with Crippen molar-refractivity contribution in [3.63, 3.8) is 0 Å². The lowest BCUT2D eigenvalue weighted by atomic mass is 10.1. The lowest BCUT2D eigenvalue weighted by Crippen LogP contribution is -2.32. The fourth-order valence-corrected chi connectivity index (χ4v) is 5.40. The zero-order chi connectivity index (χ0) is 27.1. The zero-order valence-corrected chi connectivity index (χ0v) is 22.3. The largest absolute Gasteiger partial charge is 0.488 e. The number of rotatable bonds is 11. The minimum Gasteiger partial charge on any atom is -0.488 e. The molecule has 0 saturated carbocycles. The van der Waals surface area contributed by atoms with Gasteiger partial charge in [-0.05, 0) is 46.6 Å². The van der Waals surface area contributed by atoms with Crippen molar-refractivity contribution in [3.05, 3.63) is 70.4 Å². The van der Waals surface area contributed by atoms with Crippen LogP contribution in [0.2, 0.25) is 0 Å². The number of carbonyl (C=O) groups is 1. The monoisotopic (exact) mass is 598 g/mol. The van der Waals surface area contributed by atoms with E-state index >= 15 is 0 Å². The minimum atomic E-state index is -1.10. The van der Waals surface area contributed by atoms with Crippen LogP contribution >= 0.6 is 27.3 Å². The predicted molar refractivity (Wildman–Crippen MR) is 142 cm³/mol. The molecule has 1 aromatic carbocycles. The molecule has 1 atom stereocenters. The fourth-order valence-electron chi connectivity index (χ4n) is 3.49. The van der Waals surface area contributed by atoms with Gasteiger partial charge in [-0.25, -0.2) is 14.8 Å². The van der Waals surface area contributed by atoms with E-state index in [1.54, 1.807) is 31.2 Å². The highest BCUT2D eigenvalue weighted by atomic mass is 79.9. The van der Waals surface area contributed by atoms with Crippen molar-refractivity contribution >= 4 is 49.7 Å². The first-order valence-electron chi connectivity index (χ1n) is 11.3. The molecule has 194 valence electrons. The van der Waals surface area contributed by atoms with Gasteiger partial charge in [0.05, 0.1) is 33.0 Å². The Kier molecular flexibility index (Phi) is 8.83. The molecule has 0 bridgehead atoms. The van der Waals surface area contributed by atoms with Crippen molar-refractivity contribution in [2.75, 3.05) is 13.2 Å². The number of furan rings is 1. The Morgan fingerprint density at radius 3 is 2.84 bits per heavy atom. The van der Waals surface area contributed by atoms with Crippen molar-refractivity contribution in [1.82, 2.24) is 9.97 Å². The minimum absolute atomic E-state index is 0.0433. The number of para-hydroxylation sites is 1. The highest BCUT2D eigenvalue weighted by Gasteiger charge is 2.28. The van der Waals surface area contributed by atoms with Crippen LogP contribution in [-0.2, 0) is 16.0 Å². The van der Waals surface area contributed by atoms with E-state index in [2.05, 4.69) is 25.9 Å². The van der Waals surface area contributed by atoms with Crippen LogP contribution in [0.3, 0.4) is 0 Å². The number of allylic oxidation sites excluding steroid dienone is 1. The van der Waals surface area contributed by atoms with E-state index in [0.29, 0.717) is 36.6 Å². The van der Waals surface area contributed by atoms with E-state index in [1.165, 1.54) is 35.9 Å². The quantitative estimate of drug-likeness (QED) is 0.128. The number of nitrogens with one attached hydrogen (secondary N) is 1. The summed E-state index contributed by atoms with van der Waals surface area (Å²) in [6, 6.07) is 11.0. The lowest BCUT2D eigenvalue weighted by molar-refractivity contribution is -0.151. The molecule has 3 heterocycles. The molecule has 4 rings (SSSR count). The van der Waals surface area contributed by atoms with Crippen molar-refractivity contribution in [3.8, 4) is 28.3 Å². The molecule has 4 aromatic rings. The third-order valence-corrected chi connectivity index (χ3v) is 7.35. The van der Waals surface area contributed by atoms with Gasteiger partial charge in [-0.2, -0.15) is 9.65 Å². The Hall–Kier alpha value is -4.08.